The van der Waals surface area contributed by atoms with E-state index in [0.29, 0.717) is 25.9 Å². The second-order valence-electron chi connectivity index (χ2n) is 12.1. The minimum Gasteiger partial charge on any atom is -0.394 e. The summed E-state index contributed by atoms with van der Waals surface area (Å²) in [5.74, 6) is -2.33. The highest BCUT2D eigenvalue weighted by Gasteiger charge is 2.79. The number of anilines is 1. The van der Waals surface area contributed by atoms with Gasteiger partial charge in [0.25, 0.3) is 0 Å². The van der Waals surface area contributed by atoms with E-state index in [9.17, 15) is 19.5 Å². The van der Waals surface area contributed by atoms with Crippen molar-refractivity contribution in [2.24, 2.45) is 17.8 Å². The summed E-state index contributed by atoms with van der Waals surface area (Å²) in [5.41, 5.74) is -1.32. The van der Waals surface area contributed by atoms with Crippen molar-refractivity contribution in [1.29, 1.82) is 0 Å². The molecule has 7 atom stereocenters. The molecule has 1 spiro atoms. The van der Waals surface area contributed by atoms with Gasteiger partial charge in [-0.1, -0.05) is 64.0 Å². The van der Waals surface area contributed by atoms with Crippen LogP contribution in [-0.4, -0.2) is 82.2 Å². The van der Waals surface area contributed by atoms with E-state index in [2.05, 4.69) is 20.1 Å². The van der Waals surface area contributed by atoms with Gasteiger partial charge in [-0.3, -0.25) is 14.4 Å². The first-order chi connectivity index (χ1) is 19.6. The smallest absolute Gasteiger partial charge is 0.248 e. The van der Waals surface area contributed by atoms with Crippen molar-refractivity contribution in [2.45, 2.75) is 83.1 Å². The number of hydrogen-bond acceptors (Lipinski definition) is 5. The lowest BCUT2D eigenvalue weighted by molar-refractivity contribution is -0.156. The summed E-state index contributed by atoms with van der Waals surface area (Å²) in [6.45, 7) is 16.6. The van der Waals surface area contributed by atoms with Crippen LogP contribution in [0.1, 0.15) is 59.8 Å². The van der Waals surface area contributed by atoms with Crippen molar-refractivity contribution in [3.05, 3.63) is 55.6 Å². The van der Waals surface area contributed by atoms with E-state index >= 15 is 0 Å². The second kappa shape index (κ2) is 12.5. The van der Waals surface area contributed by atoms with Gasteiger partial charge < -0.3 is 24.5 Å². The number of fused-ring (bicyclic) bond motifs is 1. The van der Waals surface area contributed by atoms with Crippen LogP contribution in [0, 0.1) is 17.8 Å². The van der Waals surface area contributed by atoms with E-state index < -0.39 is 35.1 Å². The summed E-state index contributed by atoms with van der Waals surface area (Å²) in [4.78, 5) is 48.6. The number of carbonyl (C=O) groups is 3. The molecule has 3 heterocycles. The van der Waals surface area contributed by atoms with E-state index in [0.717, 1.165) is 24.9 Å². The monoisotopic (exact) mass is 565 g/mol. The summed E-state index contributed by atoms with van der Waals surface area (Å²) in [7, 11) is 0. The largest absolute Gasteiger partial charge is 0.394 e. The Morgan fingerprint density at radius 3 is 2.41 bits per heavy atom. The molecule has 0 radical (unpaired) electrons. The minimum atomic E-state index is -1.15. The Kier molecular flexibility index (Phi) is 9.44. The van der Waals surface area contributed by atoms with Crippen molar-refractivity contribution in [1.82, 2.24) is 9.80 Å². The van der Waals surface area contributed by atoms with Gasteiger partial charge >= 0.3 is 0 Å². The van der Waals surface area contributed by atoms with Crippen molar-refractivity contribution in [3.63, 3.8) is 0 Å². The molecule has 41 heavy (non-hydrogen) atoms. The average molecular weight is 566 g/mol. The molecule has 8 nitrogen and oxygen atoms in total. The first kappa shape index (κ1) is 31.0. The van der Waals surface area contributed by atoms with Crippen LogP contribution in [0.3, 0.4) is 0 Å². The third kappa shape index (κ3) is 5.14. The van der Waals surface area contributed by atoms with Crippen LogP contribution in [0.5, 0.6) is 0 Å². The number of rotatable bonds is 14. The van der Waals surface area contributed by atoms with E-state index in [1.165, 1.54) is 0 Å². The molecule has 3 amide bonds. The highest BCUT2D eigenvalue weighted by molar-refractivity contribution is 6.03. The third-order valence-electron chi connectivity index (χ3n) is 9.65. The zero-order chi connectivity index (χ0) is 29.9. The SMILES string of the molecule is C=CCN(CCCC)C(=O)C1N([C@@H](CO)[C@@H](C)CC)C(=O)[C@@H]2[C@@H](C(=O)N(CC=C)c3ccccc3)[C@@]3(C)CCC12O3. The minimum absolute atomic E-state index is 0.0542. The van der Waals surface area contributed by atoms with Gasteiger partial charge in [-0.2, -0.15) is 0 Å². The first-order valence-corrected chi connectivity index (χ1v) is 15.2. The highest BCUT2D eigenvalue weighted by atomic mass is 16.5. The normalized spacial score (nSPS) is 29.6. The van der Waals surface area contributed by atoms with Gasteiger partial charge in [-0.15, -0.1) is 13.2 Å². The summed E-state index contributed by atoms with van der Waals surface area (Å²) in [6, 6.07) is 7.89. The molecular weight excluding hydrogens is 518 g/mol. The van der Waals surface area contributed by atoms with Crippen LogP contribution in [0.15, 0.2) is 55.6 Å². The number of amides is 3. The molecule has 3 saturated heterocycles. The number of ether oxygens (including phenoxy) is 1. The standard InChI is InChI=1S/C33H47N3O5/c1-7-11-21-34(19-8-2)31(40)28-33-18-17-32(6,41-33)26(27(33)30(39)36(28)25(22-37)23(5)10-4)29(38)35(20-9-3)24-15-13-12-14-16-24/h8-9,12-16,23,25-28,37H,2-3,7,10-11,17-22H2,1,4-6H3/t23-,25-,26-,27-,28?,32+,33?/m0/s1. The van der Waals surface area contributed by atoms with Gasteiger partial charge in [0, 0.05) is 25.3 Å². The summed E-state index contributed by atoms with van der Waals surface area (Å²) in [6.07, 6.45) is 6.90. The van der Waals surface area contributed by atoms with Gasteiger partial charge in [0.1, 0.15) is 11.6 Å². The molecule has 8 heteroatoms. The van der Waals surface area contributed by atoms with E-state index in [1.807, 2.05) is 51.1 Å². The lowest BCUT2D eigenvalue weighted by Gasteiger charge is -2.41. The van der Waals surface area contributed by atoms with Crippen LogP contribution in [0.4, 0.5) is 5.69 Å². The lowest BCUT2D eigenvalue weighted by Crippen LogP contribution is -2.60. The maximum atomic E-state index is 14.6. The lowest BCUT2D eigenvalue weighted by atomic mass is 9.66. The van der Waals surface area contributed by atoms with E-state index in [-0.39, 0.29) is 36.8 Å². The molecule has 0 aromatic heterocycles. The molecule has 3 aliphatic heterocycles. The molecule has 1 N–H and O–H groups in total. The van der Waals surface area contributed by atoms with Crippen molar-refractivity contribution < 1.29 is 24.2 Å². The number of hydrogen-bond donors (Lipinski definition) is 1. The summed E-state index contributed by atoms with van der Waals surface area (Å²) < 4.78 is 6.85. The van der Waals surface area contributed by atoms with Gasteiger partial charge in [-0.25, -0.2) is 0 Å². The Bertz CT molecular complexity index is 1140. The number of para-hydroxylation sites is 1. The van der Waals surface area contributed by atoms with Crippen molar-refractivity contribution in [3.8, 4) is 0 Å². The number of aliphatic hydroxyl groups is 1. The molecule has 3 aliphatic rings. The molecule has 2 unspecified atom stereocenters. The van der Waals surface area contributed by atoms with E-state index in [1.54, 1.807) is 26.9 Å². The Morgan fingerprint density at radius 2 is 1.83 bits per heavy atom. The van der Waals surface area contributed by atoms with Crippen molar-refractivity contribution >= 4 is 23.4 Å². The van der Waals surface area contributed by atoms with Gasteiger partial charge in [-0.05, 0) is 44.2 Å². The number of benzene rings is 1. The average Bonchev–Trinajstić information content (AvgIpc) is 3.54. The molecular formula is C33H47N3O5. The molecule has 0 saturated carbocycles. The number of likely N-dealkylation sites (tertiary alicyclic amines) is 1. The van der Waals surface area contributed by atoms with Gasteiger partial charge in [0.05, 0.1) is 30.1 Å². The molecule has 0 aliphatic carbocycles. The van der Waals surface area contributed by atoms with Gasteiger partial charge in [0.15, 0.2) is 0 Å². The molecule has 3 fully saturated rings. The number of nitrogens with zero attached hydrogens (tertiary/aromatic N) is 3. The maximum Gasteiger partial charge on any atom is 0.248 e. The Morgan fingerprint density at radius 1 is 1.15 bits per heavy atom. The number of aliphatic hydroxyl groups excluding tert-OH is 1. The number of unbranched alkanes of at least 4 members (excludes halogenated alkanes) is 1. The highest BCUT2D eigenvalue weighted by Crippen LogP contribution is 2.64. The predicted octanol–water partition coefficient (Wildman–Crippen LogP) is 4.19. The zero-order valence-corrected chi connectivity index (χ0v) is 25.1. The van der Waals surface area contributed by atoms with Crippen LogP contribution in [0.2, 0.25) is 0 Å². The number of carbonyl (C=O) groups excluding carboxylic acids is 3. The second-order valence-corrected chi connectivity index (χ2v) is 12.1. The Labute approximate surface area is 245 Å². The first-order valence-electron chi connectivity index (χ1n) is 15.2. The van der Waals surface area contributed by atoms with Crippen LogP contribution in [0.25, 0.3) is 0 Å². The van der Waals surface area contributed by atoms with Crippen LogP contribution >= 0.6 is 0 Å². The summed E-state index contributed by atoms with van der Waals surface area (Å²) >= 11 is 0. The maximum absolute atomic E-state index is 14.6. The molecule has 4 rings (SSSR count). The van der Waals surface area contributed by atoms with Gasteiger partial charge in [0.2, 0.25) is 17.7 Å². The Hall–Kier alpha value is -2.97. The van der Waals surface area contributed by atoms with E-state index in [4.69, 9.17) is 4.74 Å². The third-order valence-corrected chi connectivity index (χ3v) is 9.65. The quantitative estimate of drug-likeness (QED) is 0.342. The van der Waals surface area contributed by atoms with Crippen LogP contribution < -0.4 is 4.90 Å². The fourth-order valence-electron chi connectivity index (χ4n) is 7.39. The van der Waals surface area contributed by atoms with Crippen LogP contribution in [-0.2, 0) is 19.1 Å². The molecule has 2 bridgehead atoms. The summed E-state index contributed by atoms with van der Waals surface area (Å²) in [5, 5.41) is 10.6. The molecule has 1 aromatic carbocycles. The molecule has 224 valence electrons. The Balaban J connectivity index is 1.84. The fraction of sp³-hybridized carbons (Fsp3) is 0.606. The molecule has 1 aromatic rings. The van der Waals surface area contributed by atoms with Crippen molar-refractivity contribution in [2.75, 3.05) is 31.1 Å². The predicted molar refractivity (Wildman–Crippen MR) is 160 cm³/mol. The fourth-order valence-corrected chi connectivity index (χ4v) is 7.39. The zero-order valence-electron chi connectivity index (χ0n) is 25.1. The topological polar surface area (TPSA) is 90.4 Å².